The van der Waals surface area contributed by atoms with Gasteiger partial charge in [-0.15, -0.1) is 0 Å². The second-order valence-electron chi connectivity index (χ2n) is 9.56. The van der Waals surface area contributed by atoms with Gasteiger partial charge in [-0.05, 0) is 66.6 Å². The molecule has 0 bridgehead atoms. The van der Waals surface area contributed by atoms with Crippen molar-refractivity contribution < 1.29 is 19.0 Å². The Morgan fingerprint density at radius 3 is 2.45 bits per heavy atom. The number of thiazole rings is 1. The molecule has 0 saturated carbocycles. The van der Waals surface area contributed by atoms with Gasteiger partial charge in [0.2, 0.25) is 0 Å². The number of hydrogen-bond donors (Lipinski definition) is 0. The molecule has 3 aromatic carbocycles. The van der Waals surface area contributed by atoms with Crippen molar-refractivity contribution in [1.29, 1.82) is 0 Å². The van der Waals surface area contributed by atoms with E-state index in [0.29, 0.717) is 37.7 Å². The Hall–Kier alpha value is -4.37. The van der Waals surface area contributed by atoms with Gasteiger partial charge in [0, 0.05) is 25.3 Å². The summed E-state index contributed by atoms with van der Waals surface area (Å²) in [5.74, 6) is 0.661. The highest BCUT2D eigenvalue weighted by Crippen LogP contribution is 2.41. The second kappa shape index (κ2) is 11.0. The van der Waals surface area contributed by atoms with Crippen LogP contribution >= 0.6 is 11.3 Å². The summed E-state index contributed by atoms with van der Waals surface area (Å²) in [7, 11) is 7.14. The van der Waals surface area contributed by atoms with Crippen LogP contribution < -0.4 is 29.3 Å². The first-order valence-electron chi connectivity index (χ1n) is 12.9. The number of methoxy groups -OCH3 is 2. The molecule has 1 aliphatic heterocycles. The number of carbonyl (C=O) groups excluding carboxylic acids is 1. The van der Waals surface area contributed by atoms with Gasteiger partial charge in [0.05, 0.1) is 36.6 Å². The van der Waals surface area contributed by atoms with Gasteiger partial charge in [0.1, 0.15) is 17.5 Å². The van der Waals surface area contributed by atoms with E-state index in [2.05, 4.69) is 0 Å². The number of carbonyl (C=O) groups is 1. The minimum absolute atomic E-state index is 0.191. The van der Waals surface area contributed by atoms with E-state index in [0.717, 1.165) is 22.0 Å². The molecule has 4 aromatic rings. The maximum absolute atomic E-state index is 14.1. The molecule has 9 heteroatoms. The first-order valence-corrected chi connectivity index (χ1v) is 13.7. The molecular formula is C31H31N3O5S. The van der Waals surface area contributed by atoms with Gasteiger partial charge in [-0.25, -0.2) is 9.79 Å². The fourth-order valence-electron chi connectivity index (χ4n) is 4.97. The van der Waals surface area contributed by atoms with Crippen molar-refractivity contribution in [2.45, 2.75) is 19.9 Å². The molecule has 0 spiro atoms. The van der Waals surface area contributed by atoms with E-state index in [1.54, 1.807) is 32.6 Å². The van der Waals surface area contributed by atoms with Crippen LogP contribution in [0.2, 0.25) is 0 Å². The molecule has 1 atom stereocenters. The van der Waals surface area contributed by atoms with Crippen molar-refractivity contribution in [2.75, 3.05) is 39.8 Å². The quantitative estimate of drug-likeness (QED) is 0.319. The smallest absolute Gasteiger partial charge is 0.338 e. The van der Waals surface area contributed by atoms with Crippen molar-refractivity contribution in [2.24, 2.45) is 4.99 Å². The van der Waals surface area contributed by atoms with E-state index < -0.39 is 12.0 Å². The van der Waals surface area contributed by atoms with E-state index in [9.17, 15) is 9.59 Å². The van der Waals surface area contributed by atoms with Crippen LogP contribution in [0.3, 0.4) is 0 Å². The molecule has 0 aliphatic carbocycles. The number of hydrogen-bond acceptors (Lipinski definition) is 8. The average molecular weight is 558 g/mol. The van der Waals surface area contributed by atoms with Crippen molar-refractivity contribution in [3.8, 4) is 11.5 Å². The van der Waals surface area contributed by atoms with Gasteiger partial charge in [-0.1, -0.05) is 35.6 Å². The number of nitrogens with zero attached hydrogens (tertiary/aromatic N) is 3. The fourth-order valence-corrected chi connectivity index (χ4v) is 6.02. The second-order valence-corrected chi connectivity index (χ2v) is 10.6. The minimum atomic E-state index is -0.820. The van der Waals surface area contributed by atoms with Crippen molar-refractivity contribution in [3.63, 3.8) is 0 Å². The minimum Gasteiger partial charge on any atom is -0.497 e. The van der Waals surface area contributed by atoms with Crippen LogP contribution in [0, 0.1) is 0 Å². The van der Waals surface area contributed by atoms with Gasteiger partial charge in [0.25, 0.3) is 5.56 Å². The molecule has 8 nitrogen and oxygen atoms in total. The Balaban J connectivity index is 1.81. The molecule has 0 saturated heterocycles. The highest BCUT2D eigenvalue weighted by atomic mass is 32.1. The zero-order valence-corrected chi connectivity index (χ0v) is 24.2. The first-order chi connectivity index (χ1) is 19.3. The Bertz CT molecular complexity index is 1810. The molecule has 1 aliphatic rings. The Kier molecular flexibility index (Phi) is 7.49. The van der Waals surface area contributed by atoms with Crippen LogP contribution in [0.15, 0.2) is 75.7 Å². The van der Waals surface area contributed by atoms with Crippen LogP contribution in [0.4, 0.5) is 5.69 Å². The van der Waals surface area contributed by atoms with E-state index in [1.165, 1.54) is 11.3 Å². The molecular weight excluding hydrogens is 526 g/mol. The first kappa shape index (κ1) is 27.2. The normalized spacial score (nSPS) is 15.1. The lowest BCUT2D eigenvalue weighted by molar-refractivity contribution is -0.139. The summed E-state index contributed by atoms with van der Waals surface area (Å²) in [6.45, 7) is 3.72. The number of fused-ring (bicyclic) bond motifs is 2. The number of benzene rings is 3. The predicted molar refractivity (Wildman–Crippen MR) is 158 cm³/mol. The number of esters is 1. The monoisotopic (exact) mass is 557 g/mol. The lowest BCUT2D eigenvalue weighted by Gasteiger charge is -2.27. The summed E-state index contributed by atoms with van der Waals surface area (Å²) in [4.78, 5) is 34.8. The third-order valence-electron chi connectivity index (χ3n) is 6.95. The van der Waals surface area contributed by atoms with Crippen molar-refractivity contribution in [1.82, 2.24) is 4.57 Å². The van der Waals surface area contributed by atoms with Gasteiger partial charge in [-0.3, -0.25) is 9.36 Å². The highest BCUT2D eigenvalue weighted by molar-refractivity contribution is 7.07. The van der Waals surface area contributed by atoms with Crippen molar-refractivity contribution in [3.05, 3.63) is 96.7 Å². The van der Waals surface area contributed by atoms with E-state index >= 15 is 0 Å². The van der Waals surface area contributed by atoms with Gasteiger partial charge >= 0.3 is 5.97 Å². The topological polar surface area (TPSA) is 82.4 Å². The van der Waals surface area contributed by atoms with E-state index in [-0.39, 0.29) is 12.2 Å². The Morgan fingerprint density at radius 1 is 1.07 bits per heavy atom. The van der Waals surface area contributed by atoms with E-state index in [4.69, 9.17) is 19.2 Å². The lowest BCUT2D eigenvalue weighted by Crippen LogP contribution is -2.40. The van der Waals surface area contributed by atoms with Gasteiger partial charge < -0.3 is 19.1 Å². The molecule has 0 N–H and O–H groups in total. The maximum atomic E-state index is 14.1. The molecule has 1 aromatic heterocycles. The zero-order chi connectivity index (χ0) is 28.6. The molecule has 2 heterocycles. The maximum Gasteiger partial charge on any atom is 0.338 e. The predicted octanol–water partition coefficient (Wildman–Crippen LogP) is 4.03. The summed E-state index contributed by atoms with van der Waals surface area (Å²) in [6.07, 6.45) is 1.85. The average Bonchev–Trinajstić information content (AvgIpc) is 3.25. The standard InChI is InChI=1S/C31H31N3O5S/c1-7-39-30(36)26-18(2)32-31-34(29(35)25(40-31)16-19-8-12-21(13-9-19)33(3)4)28(26)27-23-17-22(37-5)14-10-20(23)11-15-24(27)38-6/h8-17,28H,7H2,1-6H3/b25-16-. The third kappa shape index (κ3) is 4.77. The van der Waals surface area contributed by atoms with Gasteiger partial charge in [-0.2, -0.15) is 0 Å². The summed E-state index contributed by atoms with van der Waals surface area (Å²) in [5.41, 5.74) is 3.16. The van der Waals surface area contributed by atoms with Crippen LogP contribution in [0.1, 0.15) is 31.0 Å². The van der Waals surface area contributed by atoms with Crippen LogP contribution in [0.25, 0.3) is 16.8 Å². The number of allylic oxidation sites excluding steroid dienone is 1. The van der Waals surface area contributed by atoms with Crippen LogP contribution in [-0.2, 0) is 9.53 Å². The van der Waals surface area contributed by atoms with Crippen LogP contribution in [-0.4, -0.2) is 45.5 Å². The summed E-state index contributed by atoms with van der Waals surface area (Å²) >= 11 is 1.29. The zero-order valence-electron chi connectivity index (χ0n) is 23.3. The van der Waals surface area contributed by atoms with Crippen molar-refractivity contribution >= 4 is 39.8 Å². The third-order valence-corrected chi connectivity index (χ3v) is 7.93. The molecule has 0 fully saturated rings. The number of anilines is 1. The Labute approximate surface area is 236 Å². The number of aromatic nitrogens is 1. The highest BCUT2D eigenvalue weighted by Gasteiger charge is 2.36. The molecule has 206 valence electrons. The molecule has 40 heavy (non-hydrogen) atoms. The molecule has 0 radical (unpaired) electrons. The molecule has 1 unspecified atom stereocenters. The molecule has 5 rings (SSSR count). The largest absolute Gasteiger partial charge is 0.497 e. The molecule has 0 amide bonds. The number of rotatable bonds is 7. The van der Waals surface area contributed by atoms with Gasteiger partial charge in [0.15, 0.2) is 4.80 Å². The lowest BCUT2D eigenvalue weighted by atomic mass is 9.90. The summed E-state index contributed by atoms with van der Waals surface area (Å²) < 4.78 is 18.9. The Morgan fingerprint density at radius 2 is 1.80 bits per heavy atom. The SMILES string of the molecule is CCOC(=O)C1=C(C)N=c2s/c(=C\c3ccc(N(C)C)cc3)c(=O)n2C1c1c(OC)ccc2ccc(OC)cc12. The summed E-state index contributed by atoms with van der Waals surface area (Å²) in [5, 5.41) is 1.71. The fraction of sp³-hybridized carbons (Fsp3) is 0.258. The number of ether oxygens (including phenoxy) is 3. The van der Waals surface area contributed by atoms with E-state index in [1.807, 2.05) is 79.7 Å². The summed E-state index contributed by atoms with van der Waals surface area (Å²) in [6, 6.07) is 16.6. The van der Waals surface area contributed by atoms with Crippen LogP contribution in [0.5, 0.6) is 11.5 Å².